The molecule has 21 heavy (non-hydrogen) atoms. The van der Waals surface area contributed by atoms with Gasteiger partial charge in [-0.05, 0) is 42.0 Å². The molecule has 110 valence electrons. The molecule has 1 saturated heterocycles. The monoisotopic (exact) mass is 280 g/mol. The Morgan fingerprint density at radius 1 is 1.10 bits per heavy atom. The maximum absolute atomic E-state index is 3.74. The van der Waals surface area contributed by atoms with Crippen molar-refractivity contribution >= 4 is 10.8 Å². The zero-order chi connectivity index (χ0) is 14.2. The third-order valence-corrected chi connectivity index (χ3v) is 5.17. The Morgan fingerprint density at radius 3 is 2.76 bits per heavy atom. The zero-order valence-electron chi connectivity index (χ0n) is 12.8. The Labute approximate surface area is 127 Å². The molecule has 2 aromatic rings. The number of fused-ring (bicyclic) bond motifs is 1. The molecule has 0 bridgehead atoms. The number of hydrogen-bond donors (Lipinski definition) is 1. The van der Waals surface area contributed by atoms with Gasteiger partial charge in [0.15, 0.2) is 0 Å². The van der Waals surface area contributed by atoms with Crippen LogP contribution >= 0.6 is 0 Å². The van der Waals surface area contributed by atoms with Gasteiger partial charge in [0.25, 0.3) is 0 Å². The summed E-state index contributed by atoms with van der Waals surface area (Å²) in [5, 5.41) is 6.51. The summed E-state index contributed by atoms with van der Waals surface area (Å²) >= 11 is 0. The highest BCUT2D eigenvalue weighted by atomic mass is 15.2. The van der Waals surface area contributed by atoms with Crippen molar-refractivity contribution in [3.05, 3.63) is 48.0 Å². The molecule has 0 amide bonds. The molecule has 1 N–H and O–H groups in total. The van der Waals surface area contributed by atoms with Gasteiger partial charge in [0.2, 0.25) is 0 Å². The number of rotatable bonds is 3. The Hall–Kier alpha value is -1.38. The fraction of sp³-hybridized carbons (Fsp3) is 0.474. The van der Waals surface area contributed by atoms with Crippen LogP contribution < -0.4 is 5.32 Å². The minimum atomic E-state index is 0.624. The normalized spacial score (nSPS) is 27.1. The maximum Gasteiger partial charge on any atom is 0.0243 e. The molecule has 2 atom stereocenters. The van der Waals surface area contributed by atoms with Crippen LogP contribution in [0.2, 0.25) is 0 Å². The molecule has 1 heterocycles. The van der Waals surface area contributed by atoms with Crippen LogP contribution in [0.25, 0.3) is 10.8 Å². The van der Waals surface area contributed by atoms with E-state index >= 15 is 0 Å². The van der Waals surface area contributed by atoms with Crippen molar-refractivity contribution in [1.29, 1.82) is 0 Å². The fourth-order valence-electron chi connectivity index (χ4n) is 3.63. The first-order valence-corrected chi connectivity index (χ1v) is 8.25. The SMILES string of the molecule is CC1CNC(C2CC2)CN1Cc1cccc2ccccc12. The van der Waals surface area contributed by atoms with Gasteiger partial charge in [0.05, 0.1) is 0 Å². The molecule has 1 aliphatic carbocycles. The van der Waals surface area contributed by atoms with E-state index in [1.807, 2.05) is 0 Å². The summed E-state index contributed by atoms with van der Waals surface area (Å²) in [5.41, 5.74) is 1.47. The van der Waals surface area contributed by atoms with E-state index < -0.39 is 0 Å². The van der Waals surface area contributed by atoms with Gasteiger partial charge in [-0.2, -0.15) is 0 Å². The molecule has 1 saturated carbocycles. The van der Waals surface area contributed by atoms with Gasteiger partial charge in [0, 0.05) is 31.7 Å². The second-order valence-electron chi connectivity index (χ2n) is 6.77. The number of piperazine rings is 1. The summed E-state index contributed by atoms with van der Waals surface area (Å²) in [7, 11) is 0. The lowest BCUT2D eigenvalue weighted by atomic mass is 10.0. The Bertz CT molecular complexity index is 627. The first kappa shape index (κ1) is 13.3. The molecule has 2 heteroatoms. The molecular formula is C19H24N2. The van der Waals surface area contributed by atoms with Crippen LogP contribution in [0, 0.1) is 5.92 Å². The van der Waals surface area contributed by atoms with E-state index in [9.17, 15) is 0 Å². The van der Waals surface area contributed by atoms with E-state index in [-0.39, 0.29) is 0 Å². The quantitative estimate of drug-likeness (QED) is 0.927. The standard InChI is InChI=1S/C19H24N2/c1-14-11-20-19(16-9-10-16)13-21(14)12-17-7-4-6-15-5-2-3-8-18(15)17/h2-8,14,16,19-20H,9-13H2,1H3. The van der Waals surface area contributed by atoms with Gasteiger partial charge >= 0.3 is 0 Å². The summed E-state index contributed by atoms with van der Waals surface area (Å²) in [5.74, 6) is 0.938. The van der Waals surface area contributed by atoms with Crippen LogP contribution in [0.4, 0.5) is 0 Å². The van der Waals surface area contributed by atoms with Gasteiger partial charge in [-0.25, -0.2) is 0 Å². The number of nitrogens with zero attached hydrogens (tertiary/aromatic N) is 1. The Balaban J connectivity index is 1.58. The maximum atomic E-state index is 3.74. The summed E-state index contributed by atoms with van der Waals surface area (Å²) in [4.78, 5) is 2.67. The van der Waals surface area contributed by atoms with Gasteiger partial charge in [0.1, 0.15) is 0 Å². The fourth-order valence-corrected chi connectivity index (χ4v) is 3.63. The summed E-state index contributed by atoms with van der Waals surface area (Å²) in [6.45, 7) is 5.76. The number of benzene rings is 2. The molecule has 1 aliphatic heterocycles. The molecule has 2 aromatic carbocycles. The van der Waals surface area contributed by atoms with Crippen molar-refractivity contribution in [2.45, 2.75) is 38.4 Å². The number of nitrogens with one attached hydrogen (secondary N) is 1. The summed E-state index contributed by atoms with van der Waals surface area (Å²) in [6, 6.07) is 16.8. The zero-order valence-corrected chi connectivity index (χ0v) is 12.8. The molecule has 2 unspecified atom stereocenters. The lowest BCUT2D eigenvalue weighted by Gasteiger charge is -2.39. The average Bonchev–Trinajstić information content (AvgIpc) is 3.35. The molecular weight excluding hydrogens is 256 g/mol. The lowest BCUT2D eigenvalue weighted by Crippen LogP contribution is -2.55. The van der Waals surface area contributed by atoms with Crippen LogP contribution in [0.15, 0.2) is 42.5 Å². The third-order valence-electron chi connectivity index (χ3n) is 5.17. The van der Waals surface area contributed by atoms with Crippen LogP contribution in [-0.2, 0) is 6.54 Å². The van der Waals surface area contributed by atoms with Crippen molar-refractivity contribution < 1.29 is 0 Å². The summed E-state index contributed by atoms with van der Waals surface area (Å²) in [6.07, 6.45) is 2.85. The van der Waals surface area contributed by atoms with Crippen LogP contribution in [0.1, 0.15) is 25.3 Å². The molecule has 0 spiro atoms. The Morgan fingerprint density at radius 2 is 1.90 bits per heavy atom. The van der Waals surface area contributed by atoms with E-state index in [0.29, 0.717) is 6.04 Å². The van der Waals surface area contributed by atoms with Crippen molar-refractivity contribution in [3.63, 3.8) is 0 Å². The van der Waals surface area contributed by atoms with E-state index in [2.05, 4.69) is 59.6 Å². The predicted octanol–water partition coefficient (Wildman–Crippen LogP) is 3.41. The second kappa shape index (κ2) is 5.43. The van der Waals surface area contributed by atoms with Gasteiger partial charge in [-0.1, -0.05) is 42.5 Å². The lowest BCUT2D eigenvalue weighted by molar-refractivity contribution is 0.126. The van der Waals surface area contributed by atoms with Gasteiger partial charge < -0.3 is 5.32 Å². The molecule has 0 radical (unpaired) electrons. The van der Waals surface area contributed by atoms with Crippen molar-refractivity contribution in [2.75, 3.05) is 13.1 Å². The molecule has 0 aromatic heterocycles. The molecule has 2 fully saturated rings. The van der Waals surface area contributed by atoms with Crippen LogP contribution in [0.5, 0.6) is 0 Å². The highest BCUT2D eigenvalue weighted by Crippen LogP contribution is 2.34. The van der Waals surface area contributed by atoms with E-state index in [1.165, 1.54) is 35.7 Å². The van der Waals surface area contributed by atoms with Crippen LogP contribution in [0.3, 0.4) is 0 Å². The molecule has 2 nitrogen and oxygen atoms in total. The third kappa shape index (κ3) is 2.70. The van der Waals surface area contributed by atoms with E-state index in [0.717, 1.165) is 25.0 Å². The van der Waals surface area contributed by atoms with Gasteiger partial charge in [-0.3, -0.25) is 4.90 Å². The first-order chi connectivity index (χ1) is 10.3. The second-order valence-corrected chi connectivity index (χ2v) is 6.77. The topological polar surface area (TPSA) is 15.3 Å². The molecule has 4 rings (SSSR count). The van der Waals surface area contributed by atoms with Gasteiger partial charge in [-0.15, -0.1) is 0 Å². The highest BCUT2D eigenvalue weighted by molar-refractivity contribution is 5.85. The predicted molar refractivity (Wildman–Crippen MR) is 88.3 cm³/mol. The summed E-state index contributed by atoms with van der Waals surface area (Å²) < 4.78 is 0. The van der Waals surface area contributed by atoms with E-state index in [4.69, 9.17) is 0 Å². The minimum Gasteiger partial charge on any atom is -0.311 e. The Kier molecular flexibility index (Phi) is 3.44. The largest absolute Gasteiger partial charge is 0.311 e. The molecule has 2 aliphatic rings. The highest BCUT2D eigenvalue weighted by Gasteiger charge is 2.35. The van der Waals surface area contributed by atoms with Crippen LogP contribution in [-0.4, -0.2) is 30.1 Å². The van der Waals surface area contributed by atoms with Crippen molar-refractivity contribution in [1.82, 2.24) is 10.2 Å². The number of hydrogen-bond acceptors (Lipinski definition) is 2. The van der Waals surface area contributed by atoms with Crippen molar-refractivity contribution in [3.8, 4) is 0 Å². The minimum absolute atomic E-state index is 0.624. The first-order valence-electron chi connectivity index (χ1n) is 8.25. The van der Waals surface area contributed by atoms with E-state index in [1.54, 1.807) is 0 Å². The van der Waals surface area contributed by atoms with Crippen molar-refractivity contribution in [2.24, 2.45) is 5.92 Å². The average molecular weight is 280 g/mol. The smallest absolute Gasteiger partial charge is 0.0243 e.